The molecular formula is C24H29ClN4O2. The van der Waals surface area contributed by atoms with Crippen molar-refractivity contribution < 1.29 is 4.79 Å². The van der Waals surface area contributed by atoms with Crippen LogP contribution in [0.3, 0.4) is 0 Å². The number of hydrogen-bond donors (Lipinski definition) is 1. The number of rotatable bonds is 6. The van der Waals surface area contributed by atoms with Crippen molar-refractivity contribution in [1.29, 1.82) is 0 Å². The molecule has 0 aliphatic rings. The van der Waals surface area contributed by atoms with Gasteiger partial charge in [-0.15, -0.1) is 0 Å². The van der Waals surface area contributed by atoms with Gasteiger partial charge < -0.3 is 10.2 Å². The summed E-state index contributed by atoms with van der Waals surface area (Å²) >= 11 is 6.11. The second-order valence-corrected chi connectivity index (χ2v) is 8.29. The highest BCUT2D eigenvalue weighted by Gasteiger charge is 2.25. The van der Waals surface area contributed by atoms with Crippen LogP contribution in [0.15, 0.2) is 47.3 Å². The molecule has 3 aromatic rings. The van der Waals surface area contributed by atoms with Crippen LogP contribution in [0.5, 0.6) is 0 Å². The van der Waals surface area contributed by atoms with Crippen molar-refractivity contribution in [3.8, 4) is 0 Å². The molecule has 0 bridgehead atoms. The molecule has 0 spiro atoms. The van der Waals surface area contributed by atoms with Gasteiger partial charge in [-0.3, -0.25) is 9.36 Å². The van der Waals surface area contributed by atoms with Gasteiger partial charge in [0.15, 0.2) is 0 Å². The third-order valence-electron chi connectivity index (χ3n) is 5.53. The van der Waals surface area contributed by atoms with Crippen LogP contribution in [-0.2, 0) is 6.54 Å². The average molecular weight is 441 g/mol. The van der Waals surface area contributed by atoms with E-state index >= 15 is 0 Å². The van der Waals surface area contributed by atoms with Crippen LogP contribution in [0.4, 0.5) is 10.5 Å². The van der Waals surface area contributed by atoms with Crippen LogP contribution >= 0.6 is 11.6 Å². The Morgan fingerprint density at radius 3 is 2.39 bits per heavy atom. The largest absolute Gasteiger partial charge is 0.322 e. The number of nitrogens with zero attached hydrogens (tertiary/aromatic N) is 3. The molecule has 0 aliphatic heterocycles. The number of aromatic nitrogens is 2. The Labute approximate surface area is 187 Å². The van der Waals surface area contributed by atoms with Crippen LogP contribution in [0, 0.1) is 0 Å². The standard InChI is InChI=1S/C24H29ClN4O2/c1-6-28(24(31)26-19-11-8-17(9-12-19)15(3)4)16(5)22-27-21-14-18(25)10-13-20(21)23(30)29(22)7-2/h8-16H,6-7H2,1-5H3,(H,26,31). The molecule has 0 radical (unpaired) electrons. The molecule has 2 aromatic carbocycles. The summed E-state index contributed by atoms with van der Waals surface area (Å²) in [5, 5.41) is 3.99. The first-order valence-electron chi connectivity index (χ1n) is 10.6. The Morgan fingerprint density at radius 1 is 1.13 bits per heavy atom. The summed E-state index contributed by atoms with van der Waals surface area (Å²) in [4.78, 5) is 32.5. The Balaban J connectivity index is 1.93. The fourth-order valence-corrected chi connectivity index (χ4v) is 3.88. The molecule has 164 valence electrons. The van der Waals surface area contributed by atoms with Crippen LogP contribution in [0.25, 0.3) is 10.9 Å². The summed E-state index contributed by atoms with van der Waals surface area (Å²) in [5.41, 5.74) is 2.34. The molecule has 31 heavy (non-hydrogen) atoms. The average Bonchev–Trinajstić information content (AvgIpc) is 2.74. The number of carbonyl (C=O) groups excluding carboxylic acids is 1. The smallest absolute Gasteiger partial charge is 0.315 e. The van der Waals surface area contributed by atoms with Crippen LogP contribution in [-0.4, -0.2) is 27.0 Å². The van der Waals surface area contributed by atoms with E-state index in [1.165, 1.54) is 5.56 Å². The lowest BCUT2D eigenvalue weighted by Crippen LogP contribution is -2.40. The highest BCUT2D eigenvalue weighted by atomic mass is 35.5. The second-order valence-electron chi connectivity index (χ2n) is 7.85. The molecule has 0 fully saturated rings. The number of carbonyl (C=O) groups is 1. The Morgan fingerprint density at radius 2 is 1.81 bits per heavy atom. The van der Waals surface area contributed by atoms with Gasteiger partial charge in [0.25, 0.3) is 5.56 Å². The van der Waals surface area contributed by atoms with E-state index in [-0.39, 0.29) is 11.6 Å². The van der Waals surface area contributed by atoms with E-state index in [1.807, 2.05) is 45.0 Å². The molecule has 0 aliphatic carbocycles. The van der Waals surface area contributed by atoms with Crippen molar-refractivity contribution in [1.82, 2.24) is 14.5 Å². The molecule has 1 atom stereocenters. The van der Waals surface area contributed by atoms with Crippen LogP contribution in [0.2, 0.25) is 5.02 Å². The molecular weight excluding hydrogens is 412 g/mol. The summed E-state index contributed by atoms with van der Waals surface area (Å²) in [7, 11) is 0. The number of anilines is 1. The van der Waals surface area contributed by atoms with Crippen molar-refractivity contribution in [3.05, 3.63) is 69.2 Å². The zero-order valence-corrected chi connectivity index (χ0v) is 19.4. The molecule has 1 N–H and O–H groups in total. The molecule has 7 heteroatoms. The fraction of sp³-hybridized carbons (Fsp3) is 0.375. The highest BCUT2D eigenvalue weighted by molar-refractivity contribution is 6.31. The molecule has 0 saturated carbocycles. The van der Waals surface area contributed by atoms with Gasteiger partial charge in [0.05, 0.1) is 16.9 Å². The van der Waals surface area contributed by atoms with Crippen LogP contribution in [0.1, 0.15) is 58.0 Å². The minimum Gasteiger partial charge on any atom is -0.315 e. The normalized spacial score (nSPS) is 12.2. The van der Waals surface area contributed by atoms with Gasteiger partial charge in [-0.05, 0) is 62.6 Å². The quantitative estimate of drug-likeness (QED) is 0.526. The first-order chi connectivity index (χ1) is 14.8. The van der Waals surface area contributed by atoms with E-state index in [0.717, 1.165) is 5.69 Å². The van der Waals surface area contributed by atoms with E-state index < -0.39 is 6.04 Å². The van der Waals surface area contributed by atoms with E-state index in [1.54, 1.807) is 27.7 Å². The summed E-state index contributed by atoms with van der Waals surface area (Å²) in [6, 6.07) is 12.3. The maximum absolute atomic E-state index is 13.1. The lowest BCUT2D eigenvalue weighted by Gasteiger charge is -2.29. The molecule has 6 nitrogen and oxygen atoms in total. The van der Waals surface area contributed by atoms with Gasteiger partial charge >= 0.3 is 6.03 Å². The van der Waals surface area contributed by atoms with Gasteiger partial charge in [-0.1, -0.05) is 37.6 Å². The van der Waals surface area contributed by atoms with E-state index in [2.05, 4.69) is 19.2 Å². The summed E-state index contributed by atoms with van der Waals surface area (Å²) in [5.74, 6) is 0.963. The fourth-order valence-electron chi connectivity index (χ4n) is 3.72. The third-order valence-corrected chi connectivity index (χ3v) is 5.77. The van der Waals surface area contributed by atoms with E-state index in [9.17, 15) is 9.59 Å². The third kappa shape index (κ3) is 4.74. The van der Waals surface area contributed by atoms with Gasteiger partial charge in [0.1, 0.15) is 5.82 Å². The predicted octanol–water partition coefficient (Wildman–Crippen LogP) is 5.81. The maximum atomic E-state index is 13.1. The van der Waals surface area contributed by atoms with Gasteiger partial charge in [0, 0.05) is 23.8 Å². The van der Waals surface area contributed by atoms with Gasteiger partial charge in [-0.2, -0.15) is 0 Å². The number of nitrogens with one attached hydrogen (secondary N) is 1. The summed E-state index contributed by atoms with van der Waals surface area (Å²) < 4.78 is 1.62. The molecule has 1 aromatic heterocycles. The zero-order chi connectivity index (χ0) is 22.7. The zero-order valence-electron chi connectivity index (χ0n) is 18.6. The monoisotopic (exact) mass is 440 g/mol. The van der Waals surface area contributed by atoms with Crippen molar-refractivity contribution in [2.45, 2.75) is 53.1 Å². The number of amides is 2. The molecule has 2 amide bonds. The Kier molecular flexibility index (Phi) is 7.01. The molecule has 1 unspecified atom stereocenters. The second kappa shape index (κ2) is 9.52. The topological polar surface area (TPSA) is 67.2 Å². The summed E-state index contributed by atoms with van der Waals surface area (Å²) in [6.07, 6.45) is 0. The number of hydrogen-bond acceptors (Lipinski definition) is 3. The van der Waals surface area contributed by atoms with Crippen molar-refractivity contribution in [3.63, 3.8) is 0 Å². The molecule has 1 heterocycles. The summed E-state index contributed by atoms with van der Waals surface area (Å²) in [6.45, 7) is 10.9. The highest BCUT2D eigenvalue weighted by Crippen LogP contribution is 2.23. The van der Waals surface area contributed by atoms with Gasteiger partial charge in [-0.25, -0.2) is 9.78 Å². The minimum atomic E-state index is -0.407. The number of benzene rings is 2. The SMILES string of the molecule is CCN(C(=O)Nc1ccc(C(C)C)cc1)C(C)c1nc2cc(Cl)ccc2c(=O)n1CC. The lowest BCUT2D eigenvalue weighted by molar-refractivity contribution is 0.192. The predicted molar refractivity (Wildman–Crippen MR) is 127 cm³/mol. The van der Waals surface area contributed by atoms with E-state index in [4.69, 9.17) is 16.6 Å². The number of halogens is 1. The first kappa shape index (κ1) is 22.8. The first-order valence-corrected chi connectivity index (χ1v) is 11.0. The Hall–Kier alpha value is -2.86. The van der Waals surface area contributed by atoms with Crippen LogP contribution < -0.4 is 10.9 Å². The van der Waals surface area contributed by atoms with Crippen molar-refractivity contribution >= 4 is 34.2 Å². The van der Waals surface area contributed by atoms with Crippen molar-refractivity contribution in [2.24, 2.45) is 0 Å². The maximum Gasteiger partial charge on any atom is 0.322 e. The molecule has 0 saturated heterocycles. The van der Waals surface area contributed by atoms with E-state index in [0.29, 0.717) is 40.8 Å². The number of urea groups is 1. The van der Waals surface area contributed by atoms with Gasteiger partial charge in [0.2, 0.25) is 0 Å². The minimum absolute atomic E-state index is 0.133. The number of fused-ring (bicyclic) bond motifs is 1. The molecule has 3 rings (SSSR count). The Bertz CT molecular complexity index is 1140. The van der Waals surface area contributed by atoms with Crippen molar-refractivity contribution in [2.75, 3.05) is 11.9 Å². The lowest BCUT2D eigenvalue weighted by atomic mass is 10.0.